The Labute approximate surface area is 183 Å². The van der Waals surface area contributed by atoms with E-state index < -0.39 is 0 Å². The molecule has 3 aromatic heterocycles. The number of furan rings is 1. The SMILES string of the molecule is Cc1ccc(CNCc2cc3c(-c4ccc(F)cc4)nn(-c4ccccc4)c3[nH]c2=O)o1. The van der Waals surface area contributed by atoms with E-state index in [2.05, 4.69) is 10.3 Å². The van der Waals surface area contributed by atoms with Crippen molar-refractivity contribution in [3.05, 3.63) is 106 Å². The molecule has 6 nitrogen and oxygen atoms in total. The van der Waals surface area contributed by atoms with Crippen molar-refractivity contribution >= 4 is 11.0 Å². The molecule has 2 aromatic carbocycles. The van der Waals surface area contributed by atoms with Crippen LogP contribution >= 0.6 is 0 Å². The number of rotatable bonds is 6. The molecule has 2 N–H and O–H groups in total. The fourth-order valence-corrected chi connectivity index (χ4v) is 3.72. The van der Waals surface area contributed by atoms with E-state index in [1.54, 1.807) is 16.8 Å². The van der Waals surface area contributed by atoms with Gasteiger partial charge in [-0.2, -0.15) is 5.10 Å². The monoisotopic (exact) mass is 428 g/mol. The van der Waals surface area contributed by atoms with Gasteiger partial charge in [0.05, 0.1) is 12.2 Å². The first-order valence-corrected chi connectivity index (χ1v) is 10.3. The van der Waals surface area contributed by atoms with E-state index in [9.17, 15) is 9.18 Å². The van der Waals surface area contributed by atoms with Crippen molar-refractivity contribution in [2.75, 3.05) is 0 Å². The maximum atomic E-state index is 13.5. The number of benzene rings is 2. The van der Waals surface area contributed by atoms with Crippen LogP contribution in [0.4, 0.5) is 4.39 Å². The summed E-state index contributed by atoms with van der Waals surface area (Å²) in [6.45, 7) is 2.77. The second-order valence-electron chi connectivity index (χ2n) is 7.60. The average molecular weight is 428 g/mol. The largest absolute Gasteiger partial charge is 0.465 e. The summed E-state index contributed by atoms with van der Waals surface area (Å²) in [5.74, 6) is 1.34. The van der Waals surface area contributed by atoms with Crippen molar-refractivity contribution in [2.45, 2.75) is 20.0 Å². The molecule has 0 aliphatic rings. The van der Waals surface area contributed by atoms with Crippen molar-refractivity contribution in [1.29, 1.82) is 0 Å². The van der Waals surface area contributed by atoms with Crippen molar-refractivity contribution in [3.63, 3.8) is 0 Å². The second-order valence-corrected chi connectivity index (χ2v) is 7.60. The van der Waals surface area contributed by atoms with Gasteiger partial charge in [0.15, 0.2) is 0 Å². The van der Waals surface area contributed by atoms with Gasteiger partial charge in [-0.25, -0.2) is 9.07 Å². The van der Waals surface area contributed by atoms with Gasteiger partial charge in [-0.3, -0.25) is 4.79 Å². The number of H-pyrrole nitrogens is 1. The third kappa shape index (κ3) is 3.86. The van der Waals surface area contributed by atoms with Crippen molar-refractivity contribution < 1.29 is 8.81 Å². The Balaban J connectivity index is 1.57. The highest BCUT2D eigenvalue weighted by molar-refractivity contribution is 5.92. The average Bonchev–Trinajstić information content (AvgIpc) is 3.38. The lowest BCUT2D eigenvalue weighted by Crippen LogP contribution is -2.21. The molecule has 5 aromatic rings. The molecule has 160 valence electrons. The van der Waals surface area contributed by atoms with Crippen molar-refractivity contribution in [1.82, 2.24) is 20.1 Å². The van der Waals surface area contributed by atoms with E-state index in [-0.39, 0.29) is 11.4 Å². The first kappa shape index (κ1) is 20.0. The zero-order chi connectivity index (χ0) is 22.1. The molecule has 0 atom stereocenters. The number of fused-ring (bicyclic) bond motifs is 1. The van der Waals surface area contributed by atoms with Gasteiger partial charge in [-0.15, -0.1) is 0 Å². The van der Waals surface area contributed by atoms with Crippen molar-refractivity contribution in [3.8, 4) is 16.9 Å². The number of aryl methyl sites for hydroxylation is 1. The number of hydrogen-bond donors (Lipinski definition) is 2. The molecule has 0 saturated carbocycles. The zero-order valence-electron chi connectivity index (χ0n) is 17.4. The van der Waals surface area contributed by atoms with Crippen LogP contribution < -0.4 is 10.9 Å². The highest BCUT2D eigenvalue weighted by Crippen LogP contribution is 2.29. The van der Waals surface area contributed by atoms with Gasteiger partial charge in [0.25, 0.3) is 5.56 Å². The molecule has 0 saturated heterocycles. The number of nitrogens with one attached hydrogen (secondary N) is 2. The lowest BCUT2D eigenvalue weighted by molar-refractivity contribution is 0.461. The molecule has 0 unspecified atom stereocenters. The van der Waals surface area contributed by atoms with E-state index in [0.29, 0.717) is 30.0 Å². The normalized spacial score (nSPS) is 11.3. The predicted molar refractivity (Wildman–Crippen MR) is 121 cm³/mol. The summed E-state index contributed by atoms with van der Waals surface area (Å²) in [5.41, 5.74) is 3.23. The molecule has 5 rings (SSSR count). The fraction of sp³-hybridized carbons (Fsp3) is 0.120. The number of nitrogens with zero attached hydrogens (tertiary/aromatic N) is 2. The lowest BCUT2D eigenvalue weighted by Gasteiger charge is -2.05. The molecule has 0 aliphatic heterocycles. The van der Waals surface area contributed by atoms with Crippen LogP contribution in [-0.2, 0) is 13.1 Å². The summed E-state index contributed by atoms with van der Waals surface area (Å²) in [6, 6.07) is 21.4. The summed E-state index contributed by atoms with van der Waals surface area (Å²) >= 11 is 0. The first-order valence-electron chi connectivity index (χ1n) is 10.3. The minimum Gasteiger partial charge on any atom is -0.465 e. The van der Waals surface area contributed by atoms with E-state index in [4.69, 9.17) is 9.52 Å². The summed E-state index contributed by atoms with van der Waals surface area (Å²) in [6.07, 6.45) is 0. The Kier molecular flexibility index (Phi) is 5.17. The Morgan fingerprint density at radius 1 is 1.03 bits per heavy atom. The molecule has 0 aliphatic carbocycles. The first-order chi connectivity index (χ1) is 15.6. The van der Waals surface area contributed by atoms with Gasteiger partial charge in [-0.1, -0.05) is 18.2 Å². The molecule has 0 radical (unpaired) electrons. The van der Waals surface area contributed by atoms with Crippen LogP contribution in [0.25, 0.3) is 28.0 Å². The Morgan fingerprint density at radius 2 is 1.81 bits per heavy atom. The quantitative estimate of drug-likeness (QED) is 0.411. The van der Waals surface area contributed by atoms with Gasteiger partial charge < -0.3 is 14.7 Å². The van der Waals surface area contributed by atoms with Crippen LogP contribution in [0.1, 0.15) is 17.1 Å². The topological polar surface area (TPSA) is 75.8 Å². The molecular formula is C25H21FN4O2. The molecule has 0 bridgehead atoms. The molecule has 32 heavy (non-hydrogen) atoms. The maximum Gasteiger partial charge on any atom is 0.254 e. The van der Waals surface area contributed by atoms with Crippen LogP contribution in [0.3, 0.4) is 0 Å². The highest BCUT2D eigenvalue weighted by atomic mass is 19.1. The standard InChI is InChI=1S/C25H21FN4O2/c1-16-7-12-21(32-16)15-27-14-18-13-22-23(17-8-10-19(26)11-9-17)29-30(24(22)28-25(18)31)20-5-3-2-4-6-20/h2-13,27H,14-15H2,1H3,(H,28,31). The molecule has 0 spiro atoms. The third-order valence-electron chi connectivity index (χ3n) is 5.29. The van der Waals surface area contributed by atoms with Crippen LogP contribution in [0.5, 0.6) is 0 Å². The third-order valence-corrected chi connectivity index (χ3v) is 5.29. The Hall–Kier alpha value is -3.97. The maximum absolute atomic E-state index is 13.5. The Morgan fingerprint density at radius 3 is 2.53 bits per heavy atom. The summed E-state index contributed by atoms with van der Waals surface area (Å²) in [7, 11) is 0. The second kappa shape index (κ2) is 8.28. The van der Waals surface area contributed by atoms with Crippen molar-refractivity contribution in [2.24, 2.45) is 0 Å². The molecule has 0 fully saturated rings. The number of halogens is 1. The fourth-order valence-electron chi connectivity index (χ4n) is 3.72. The molecule has 7 heteroatoms. The minimum absolute atomic E-state index is 0.191. The van der Waals surface area contributed by atoms with Gasteiger partial charge in [0.2, 0.25) is 0 Å². The predicted octanol–water partition coefficient (Wildman–Crippen LogP) is 4.71. The summed E-state index contributed by atoms with van der Waals surface area (Å²) in [4.78, 5) is 15.8. The van der Waals surface area contributed by atoms with E-state index in [1.807, 2.05) is 55.5 Å². The lowest BCUT2D eigenvalue weighted by atomic mass is 10.1. The Bertz CT molecular complexity index is 1430. The highest BCUT2D eigenvalue weighted by Gasteiger charge is 2.17. The number of hydrogen-bond acceptors (Lipinski definition) is 4. The van der Waals surface area contributed by atoms with Gasteiger partial charge in [0, 0.05) is 23.1 Å². The number of pyridine rings is 1. The van der Waals surface area contributed by atoms with Gasteiger partial charge >= 0.3 is 0 Å². The number of aromatic nitrogens is 3. The van der Waals surface area contributed by atoms with Crippen LogP contribution in [-0.4, -0.2) is 14.8 Å². The van der Waals surface area contributed by atoms with E-state index >= 15 is 0 Å². The summed E-state index contributed by atoms with van der Waals surface area (Å²) < 4.78 is 20.8. The number of para-hydroxylation sites is 1. The van der Waals surface area contributed by atoms with Crippen LogP contribution in [0.15, 0.2) is 82.0 Å². The smallest absolute Gasteiger partial charge is 0.254 e. The van der Waals surface area contributed by atoms with Crippen LogP contribution in [0, 0.1) is 12.7 Å². The number of aromatic amines is 1. The van der Waals surface area contributed by atoms with Crippen LogP contribution in [0.2, 0.25) is 0 Å². The zero-order valence-corrected chi connectivity index (χ0v) is 17.4. The molecular weight excluding hydrogens is 407 g/mol. The van der Waals surface area contributed by atoms with Gasteiger partial charge in [-0.05, 0) is 61.5 Å². The van der Waals surface area contributed by atoms with E-state index in [1.165, 1.54) is 12.1 Å². The molecule has 0 amide bonds. The molecule has 3 heterocycles. The summed E-state index contributed by atoms with van der Waals surface area (Å²) in [5, 5.41) is 8.80. The van der Waals surface area contributed by atoms with Gasteiger partial charge in [0.1, 0.15) is 28.7 Å². The van der Waals surface area contributed by atoms with E-state index in [0.717, 1.165) is 28.2 Å². The minimum atomic E-state index is -0.313.